The number of halogens is 2. The summed E-state index contributed by atoms with van der Waals surface area (Å²) in [7, 11) is 7.12. The Balaban J connectivity index is 0.00000361. The average molecular weight is 414 g/mol. The molecule has 1 amide bonds. The van der Waals surface area contributed by atoms with E-state index >= 15 is 0 Å². The molecule has 114 valence electrons. The number of nitrogens with one attached hydrogen (secondary N) is 2. The van der Waals surface area contributed by atoms with E-state index in [-0.39, 0.29) is 36.4 Å². The van der Waals surface area contributed by atoms with Crippen molar-refractivity contribution in [2.75, 3.05) is 27.7 Å². The van der Waals surface area contributed by atoms with E-state index in [4.69, 9.17) is 11.6 Å². The highest BCUT2D eigenvalue weighted by Gasteiger charge is 2.10. The van der Waals surface area contributed by atoms with Crippen LogP contribution in [0.1, 0.15) is 5.69 Å². The van der Waals surface area contributed by atoms with Gasteiger partial charge in [-0.25, -0.2) is 0 Å². The summed E-state index contributed by atoms with van der Waals surface area (Å²) in [6.07, 6.45) is 1.85. The fraction of sp³-hybridized carbons (Fsp3) is 0.500. The summed E-state index contributed by atoms with van der Waals surface area (Å²) in [5, 5.41) is 6.24. The molecular formula is C12H21ClIN5O. The zero-order chi connectivity index (χ0) is 14.4. The van der Waals surface area contributed by atoms with Gasteiger partial charge in [0.25, 0.3) is 0 Å². The number of aliphatic imine (C=N–C) groups is 1. The second kappa shape index (κ2) is 9.06. The van der Waals surface area contributed by atoms with Gasteiger partial charge < -0.3 is 20.1 Å². The van der Waals surface area contributed by atoms with Crippen molar-refractivity contribution in [3.8, 4) is 0 Å². The van der Waals surface area contributed by atoms with E-state index in [1.807, 2.05) is 35.8 Å². The molecule has 20 heavy (non-hydrogen) atoms. The first-order valence-electron chi connectivity index (χ1n) is 5.91. The number of likely N-dealkylation sites (N-methyl/N-ethyl adjacent to an activating group) is 1. The van der Waals surface area contributed by atoms with Crippen molar-refractivity contribution in [1.82, 2.24) is 20.1 Å². The summed E-state index contributed by atoms with van der Waals surface area (Å²) < 4.78 is 1.96. The molecule has 1 heterocycles. The lowest BCUT2D eigenvalue weighted by Gasteiger charge is -2.22. The lowest BCUT2D eigenvalue weighted by Crippen LogP contribution is -2.43. The van der Waals surface area contributed by atoms with Gasteiger partial charge in [-0.2, -0.15) is 0 Å². The lowest BCUT2D eigenvalue weighted by molar-refractivity contribution is -0.119. The maximum absolute atomic E-state index is 11.2. The molecule has 0 bridgehead atoms. The van der Waals surface area contributed by atoms with Crippen LogP contribution in [0.5, 0.6) is 0 Å². The third-order valence-corrected chi connectivity index (χ3v) is 2.94. The van der Waals surface area contributed by atoms with Crippen LogP contribution in [0.15, 0.2) is 17.3 Å². The second-order valence-electron chi connectivity index (χ2n) is 4.19. The van der Waals surface area contributed by atoms with Crippen molar-refractivity contribution >= 4 is 47.4 Å². The van der Waals surface area contributed by atoms with Gasteiger partial charge in [-0.3, -0.25) is 9.79 Å². The van der Waals surface area contributed by atoms with Crippen LogP contribution in [0.3, 0.4) is 0 Å². The number of guanidine groups is 1. The number of carbonyl (C=O) groups excluding carboxylic acids is 1. The maximum atomic E-state index is 11.2. The van der Waals surface area contributed by atoms with E-state index in [0.717, 1.165) is 5.69 Å². The summed E-state index contributed by atoms with van der Waals surface area (Å²) in [5.74, 6) is 0.567. The Bertz CT molecular complexity index is 474. The van der Waals surface area contributed by atoms with E-state index in [9.17, 15) is 4.79 Å². The quantitative estimate of drug-likeness (QED) is 0.441. The Morgan fingerprint density at radius 3 is 2.65 bits per heavy atom. The summed E-state index contributed by atoms with van der Waals surface area (Å²) in [5.41, 5.74) is 1.07. The normalized spacial score (nSPS) is 10.8. The molecule has 0 aliphatic carbocycles. The van der Waals surface area contributed by atoms with Crippen molar-refractivity contribution in [2.24, 2.45) is 12.0 Å². The van der Waals surface area contributed by atoms with E-state index in [1.54, 1.807) is 14.1 Å². The molecule has 6 nitrogen and oxygen atoms in total. The summed E-state index contributed by atoms with van der Waals surface area (Å²) in [6, 6.07) is 1.91. The number of aryl methyl sites for hydroxylation is 1. The molecule has 0 unspecified atom stereocenters. The monoisotopic (exact) mass is 413 g/mol. The first kappa shape index (κ1) is 19.0. The highest BCUT2D eigenvalue weighted by molar-refractivity contribution is 14.0. The fourth-order valence-electron chi connectivity index (χ4n) is 1.67. The van der Waals surface area contributed by atoms with Gasteiger partial charge in [-0.05, 0) is 6.07 Å². The molecule has 1 aromatic heterocycles. The van der Waals surface area contributed by atoms with Crippen molar-refractivity contribution in [3.05, 3.63) is 23.0 Å². The zero-order valence-electron chi connectivity index (χ0n) is 12.1. The van der Waals surface area contributed by atoms with Crippen LogP contribution in [0.25, 0.3) is 0 Å². The smallest absolute Gasteiger partial charge is 0.239 e. The van der Waals surface area contributed by atoms with Crippen LogP contribution >= 0.6 is 35.6 Å². The Hall–Kier alpha value is -0.960. The van der Waals surface area contributed by atoms with Gasteiger partial charge in [-0.1, -0.05) is 11.6 Å². The maximum Gasteiger partial charge on any atom is 0.239 e. The number of hydrogen-bond donors (Lipinski definition) is 2. The van der Waals surface area contributed by atoms with E-state index < -0.39 is 0 Å². The molecule has 0 radical (unpaired) electrons. The average Bonchev–Trinajstić information content (AvgIpc) is 2.68. The standard InChI is InChI=1S/C12H20ClN5O.HI/c1-14-11(19)6-16-12(15-2)18(4)8-10-5-9(13)7-17(10)3;/h5,7H,6,8H2,1-4H3,(H,14,19)(H,15,16);1H. The second-order valence-corrected chi connectivity index (χ2v) is 4.63. The third kappa shape index (κ3) is 5.58. The number of amides is 1. The first-order chi connectivity index (χ1) is 8.97. The van der Waals surface area contributed by atoms with Gasteiger partial charge in [-0.15, -0.1) is 24.0 Å². The van der Waals surface area contributed by atoms with Gasteiger partial charge in [0.1, 0.15) is 0 Å². The SMILES string of the molecule is CN=C(NCC(=O)NC)N(C)Cc1cc(Cl)cn1C.I. The van der Waals surface area contributed by atoms with E-state index in [2.05, 4.69) is 15.6 Å². The minimum Gasteiger partial charge on any atom is -0.358 e. The summed E-state index contributed by atoms with van der Waals surface area (Å²) in [6.45, 7) is 0.845. The molecule has 0 atom stereocenters. The lowest BCUT2D eigenvalue weighted by atomic mass is 10.4. The number of hydrogen-bond acceptors (Lipinski definition) is 2. The molecule has 0 aromatic carbocycles. The molecule has 0 spiro atoms. The molecule has 0 fully saturated rings. The van der Waals surface area contributed by atoms with Crippen LogP contribution in [0.4, 0.5) is 0 Å². The van der Waals surface area contributed by atoms with Gasteiger partial charge >= 0.3 is 0 Å². The Labute approximate surface area is 141 Å². The van der Waals surface area contributed by atoms with Crippen molar-refractivity contribution in [1.29, 1.82) is 0 Å². The third-order valence-electron chi connectivity index (χ3n) is 2.73. The van der Waals surface area contributed by atoms with Crippen molar-refractivity contribution in [2.45, 2.75) is 6.54 Å². The van der Waals surface area contributed by atoms with Crippen LogP contribution < -0.4 is 10.6 Å². The molecule has 1 aromatic rings. The molecule has 1 rings (SSSR count). The predicted molar refractivity (Wildman–Crippen MR) is 92.7 cm³/mol. The van der Waals surface area contributed by atoms with Gasteiger partial charge in [0.2, 0.25) is 5.91 Å². The summed E-state index contributed by atoms with van der Waals surface area (Å²) >= 11 is 5.95. The Morgan fingerprint density at radius 1 is 1.55 bits per heavy atom. The highest BCUT2D eigenvalue weighted by Crippen LogP contribution is 2.14. The number of rotatable bonds is 4. The number of carbonyl (C=O) groups is 1. The Morgan fingerprint density at radius 2 is 2.20 bits per heavy atom. The topological polar surface area (TPSA) is 61.7 Å². The van der Waals surface area contributed by atoms with Crippen molar-refractivity contribution < 1.29 is 4.79 Å². The largest absolute Gasteiger partial charge is 0.358 e. The molecule has 0 aliphatic rings. The van der Waals surface area contributed by atoms with E-state index in [1.165, 1.54) is 0 Å². The van der Waals surface area contributed by atoms with Crippen LogP contribution in [-0.2, 0) is 18.4 Å². The fourth-order valence-corrected chi connectivity index (χ4v) is 1.95. The molecule has 0 saturated carbocycles. The number of aromatic nitrogens is 1. The minimum absolute atomic E-state index is 0. The predicted octanol–water partition coefficient (Wildman–Crippen LogP) is 1.05. The van der Waals surface area contributed by atoms with Crippen LogP contribution in [-0.4, -0.2) is 49.0 Å². The van der Waals surface area contributed by atoms with Crippen molar-refractivity contribution in [3.63, 3.8) is 0 Å². The van der Waals surface area contributed by atoms with Gasteiger partial charge in [0, 0.05) is 40.1 Å². The minimum atomic E-state index is -0.0866. The Kier molecular flexibility index (Phi) is 8.63. The molecule has 2 N–H and O–H groups in total. The molecule has 0 aliphatic heterocycles. The zero-order valence-corrected chi connectivity index (χ0v) is 15.2. The summed E-state index contributed by atoms with van der Waals surface area (Å²) in [4.78, 5) is 17.3. The van der Waals surface area contributed by atoms with Crippen LogP contribution in [0.2, 0.25) is 5.02 Å². The highest BCUT2D eigenvalue weighted by atomic mass is 127. The van der Waals surface area contributed by atoms with Gasteiger partial charge in [0.15, 0.2) is 5.96 Å². The number of nitrogens with zero attached hydrogens (tertiary/aromatic N) is 3. The molecular weight excluding hydrogens is 393 g/mol. The first-order valence-corrected chi connectivity index (χ1v) is 6.28. The van der Waals surface area contributed by atoms with E-state index in [0.29, 0.717) is 17.5 Å². The van der Waals surface area contributed by atoms with Gasteiger partial charge in [0.05, 0.1) is 18.1 Å². The molecule has 8 heteroatoms. The molecule has 0 saturated heterocycles. The van der Waals surface area contributed by atoms with Crippen LogP contribution in [0, 0.1) is 0 Å².